The summed E-state index contributed by atoms with van der Waals surface area (Å²) < 4.78 is 1.88. The molecular weight excluding hydrogens is 388 g/mol. The fourth-order valence-electron chi connectivity index (χ4n) is 4.44. The number of amides is 2. The van der Waals surface area contributed by atoms with Gasteiger partial charge < -0.3 is 19.7 Å². The third-order valence-electron chi connectivity index (χ3n) is 6.12. The highest BCUT2D eigenvalue weighted by Gasteiger charge is 2.41. The van der Waals surface area contributed by atoms with Crippen molar-refractivity contribution in [2.75, 3.05) is 38.0 Å². The minimum atomic E-state index is 0.00231. The zero-order valence-corrected chi connectivity index (χ0v) is 17.7. The third-order valence-corrected chi connectivity index (χ3v) is 6.53. The highest BCUT2D eigenvalue weighted by atomic mass is 35.5. The number of carbonyl (C=O) groups is 2. The summed E-state index contributed by atoms with van der Waals surface area (Å²) in [5, 5.41) is 3.58. The first-order valence-corrected chi connectivity index (χ1v) is 10.5. The molecule has 0 bridgehead atoms. The second-order valence-corrected chi connectivity index (χ2v) is 8.66. The lowest BCUT2D eigenvalue weighted by atomic mass is 10.0. The zero-order chi connectivity index (χ0) is 20.5. The van der Waals surface area contributed by atoms with Gasteiger partial charge in [0, 0.05) is 63.1 Å². The standard InChI is InChI=1S/C22H27ClN4O2/c1-15-5-6-18(10-19(15)23)24-21(28)7-9-26-11-16-13-27(14-17(16)12-26)22(29)20-4-3-8-25(20)2/h3-6,8,10,16-17H,7,9,11-14H2,1-2H3,(H,24,28). The SMILES string of the molecule is Cc1ccc(NC(=O)CCN2CC3CN(C(=O)c4cccn4C)CC3C2)cc1Cl. The molecule has 2 fully saturated rings. The molecule has 0 spiro atoms. The van der Waals surface area contributed by atoms with Gasteiger partial charge in [-0.3, -0.25) is 9.59 Å². The van der Waals surface area contributed by atoms with Gasteiger partial charge in [-0.2, -0.15) is 0 Å². The van der Waals surface area contributed by atoms with Crippen LogP contribution in [0.4, 0.5) is 5.69 Å². The zero-order valence-electron chi connectivity index (χ0n) is 16.9. The quantitative estimate of drug-likeness (QED) is 0.818. The normalized spacial score (nSPS) is 21.4. The Morgan fingerprint density at radius 3 is 2.48 bits per heavy atom. The Morgan fingerprint density at radius 2 is 1.86 bits per heavy atom. The predicted octanol–water partition coefficient (Wildman–Crippen LogP) is 3.02. The Bertz CT molecular complexity index is 911. The van der Waals surface area contributed by atoms with Gasteiger partial charge in [-0.1, -0.05) is 17.7 Å². The second kappa shape index (κ2) is 8.20. The number of nitrogens with zero attached hydrogens (tertiary/aromatic N) is 3. The number of benzene rings is 1. The minimum Gasteiger partial charge on any atom is -0.347 e. The lowest BCUT2D eigenvalue weighted by Crippen LogP contribution is -2.34. The molecule has 6 nitrogen and oxygen atoms in total. The van der Waals surface area contributed by atoms with E-state index >= 15 is 0 Å². The Balaban J connectivity index is 1.23. The van der Waals surface area contributed by atoms with Crippen molar-refractivity contribution in [1.82, 2.24) is 14.4 Å². The van der Waals surface area contributed by atoms with Crippen molar-refractivity contribution >= 4 is 29.1 Å². The molecule has 3 heterocycles. The van der Waals surface area contributed by atoms with Gasteiger partial charge in [0.1, 0.15) is 5.69 Å². The van der Waals surface area contributed by atoms with Crippen LogP contribution in [0.15, 0.2) is 36.5 Å². The Hall–Kier alpha value is -2.31. The maximum Gasteiger partial charge on any atom is 0.270 e. The number of nitrogens with one attached hydrogen (secondary N) is 1. The summed E-state index contributed by atoms with van der Waals surface area (Å²) in [5.74, 6) is 1.12. The molecule has 2 amide bonds. The lowest BCUT2D eigenvalue weighted by molar-refractivity contribution is -0.116. The van der Waals surface area contributed by atoms with Crippen LogP contribution < -0.4 is 5.32 Å². The topological polar surface area (TPSA) is 57.6 Å². The van der Waals surface area contributed by atoms with Gasteiger partial charge in [-0.05, 0) is 48.6 Å². The van der Waals surface area contributed by atoms with Crippen LogP contribution in [0, 0.1) is 18.8 Å². The number of aromatic nitrogens is 1. The predicted molar refractivity (Wildman–Crippen MR) is 114 cm³/mol. The van der Waals surface area contributed by atoms with E-state index in [1.54, 1.807) is 6.07 Å². The van der Waals surface area contributed by atoms with Crippen LogP contribution in [0.3, 0.4) is 0 Å². The number of halogens is 1. The van der Waals surface area contributed by atoms with Crippen LogP contribution in [0.5, 0.6) is 0 Å². The molecule has 2 aromatic rings. The van der Waals surface area contributed by atoms with Crippen molar-refractivity contribution in [1.29, 1.82) is 0 Å². The molecule has 2 aliphatic heterocycles. The minimum absolute atomic E-state index is 0.00231. The van der Waals surface area contributed by atoms with Crippen molar-refractivity contribution in [3.8, 4) is 0 Å². The van der Waals surface area contributed by atoms with Gasteiger partial charge in [0.25, 0.3) is 5.91 Å². The molecule has 0 radical (unpaired) electrons. The summed E-state index contributed by atoms with van der Waals surface area (Å²) in [5.41, 5.74) is 2.47. The summed E-state index contributed by atoms with van der Waals surface area (Å²) in [6.07, 6.45) is 2.36. The van der Waals surface area contributed by atoms with Crippen LogP contribution in [0.25, 0.3) is 0 Å². The number of anilines is 1. The van der Waals surface area contributed by atoms with Crippen LogP contribution >= 0.6 is 11.6 Å². The molecule has 29 heavy (non-hydrogen) atoms. The number of carbonyl (C=O) groups excluding carboxylic acids is 2. The van der Waals surface area contributed by atoms with Crippen LogP contribution in [0.2, 0.25) is 5.02 Å². The largest absolute Gasteiger partial charge is 0.347 e. The van der Waals surface area contributed by atoms with Gasteiger partial charge >= 0.3 is 0 Å². The smallest absolute Gasteiger partial charge is 0.270 e. The van der Waals surface area contributed by atoms with E-state index in [9.17, 15) is 9.59 Å². The van der Waals surface area contributed by atoms with Crippen molar-refractivity contribution in [3.05, 3.63) is 52.8 Å². The van der Waals surface area contributed by atoms with E-state index in [1.165, 1.54) is 0 Å². The van der Waals surface area contributed by atoms with E-state index < -0.39 is 0 Å². The van der Waals surface area contributed by atoms with E-state index in [2.05, 4.69) is 10.2 Å². The summed E-state index contributed by atoms with van der Waals surface area (Å²) >= 11 is 6.12. The number of hydrogen-bond donors (Lipinski definition) is 1. The van der Waals surface area contributed by atoms with Gasteiger partial charge in [0.15, 0.2) is 0 Å². The van der Waals surface area contributed by atoms with Crippen LogP contribution in [-0.2, 0) is 11.8 Å². The first-order chi connectivity index (χ1) is 13.9. The molecule has 2 atom stereocenters. The number of rotatable bonds is 5. The molecule has 1 N–H and O–H groups in total. The summed E-state index contributed by atoms with van der Waals surface area (Å²) in [6, 6.07) is 9.34. The average Bonchev–Trinajstić information content (AvgIpc) is 3.37. The number of fused-ring (bicyclic) bond motifs is 1. The van der Waals surface area contributed by atoms with Gasteiger partial charge in [0.2, 0.25) is 5.91 Å². The molecule has 2 aliphatic rings. The first-order valence-electron chi connectivity index (χ1n) is 10.1. The highest BCUT2D eigenvalue weighted by molar-refractivity contribution is 6.31. The Labute approximate surface area is 176 Å². The molecule has 1 aromatic carbocycles. The van der Waals surface area contributed by atoms with E-state index in [0.29, 0.717) is 23.3 Å². The molecular formula is C22H27ClN4O2. The maximum atomic E-state index is 12.7. The molecule has 0 aliphatic carbocycles. The van der Waals surface area contributed by atoms with Gasteiger partial charge in [0.05, 0.1) is 0 Å². The molecule has 4 rings (SSSR count). The van der Waals surface area contributed by atoms with Crippen LogP contribution in [-0.4, -0.2) is 58.9 Å². The Kier molecular flexibility index (Phi) is 5.65. The average molecular weight is 415 g/mol. The van der Waals surface area contributed by atoms with Gasteiger partial charge in [-0.25, -0.2) is 0 Å². The van der Waals surface area contributed by atoms with Crippen molar-refractivity contribution in [2.45, 2.75) is 13.3 Å². The molecule has 1 aromatic heterocycles. The van der Waals surface area contributed by atoms with Crippen LogP contribution in [0.1, 0.15) is 22.5 Å². The monoisotopic (exact) mass is 414 g/mol. The molecule has 2 unspecified atom stereocenters. The first kappa shape index (κ1) is 20.0. The van der Waals surface area contributed by atoms with E-state index in [-0.39, 0.29) is 11.8 Å². The summed E-state index contributed by atoms with van der Waals surface area (Å²) in [6.45, 7) is 6.19. The third kappa shape index (κ3) is 4.33. The Morgan fingerprint density at radius 1 is 1.14 bits per heavy atom. The molecule has 0 saturated carbocycles. The number of hydrogen-bond acceptors (Lipinski definition) is 3. The van der Waals surface area contributed by atoms with E-state index in [4.69, 9.17) is 11.6 Å². The number of likely N-dealkylation sites (tertiary alicyclic amines) is 2. The van der Waals surface area contributed by atoms with Crippen molar-refractivity contribution in [2.24, 2.45) is 18.9 Å². The molecule has 7 heteroatoms. The maximum absolute atomic E-state index is 12.7. The van der Waals surface area contributed by atoms with Crippen molar-refractivity contribution < 1.29 is 9.59 Å². The lowest BCUT2D eigenvalue weighted by Gasteiger charge is -2.21. The van der Waals surface area contributed by atoms with E-state index in [1.807, 2.05) is 53.9 Å². The van der Waals surface area contributed by atoms with E-state index in [0.717, 1.165) is 49.7 Å². The summed E-state index contributed by atoms with van der Waals surface area (Å²) in [4.78, 5) is 29.3. The fourth-order valence-corrected chi connectivity index (χ4v) is 4.62. The molecule has 154 valence electrons. The van der Waals surface area contributed by atoms with Crippen molar-refractivity contribution in [3.63, 3.8) is 0 Å². The molecule has 2 saturated heterocycles. The highest BCUT2D eigenvalue weighted by Crippen LogP contribution is 2.32. The fraction of sp³-hybridized carbons (Fsp3) is 0.455. The second-order valence-electron chi connectivity index (χ2n) is 8.26. The number of aryl methyl sites for hydroxylation is 2. The van der Waals surface area contributed by atoms with Gasteiger partial charge in [-0.15, -0.1) is 0 Å². The summed E-state index contributed by atoms with van der Waals surface area (Å²) in [7, 11) is 1.90.